The predicted octanol–water partition coefficient (Wildman–Crippen LogP) is 1.16. The van der Waals surface area contributed by atoms with Crippen LogP contribution in [-0.4, -0.2) is 21.8 Å². The third-order valence-corrected chi connectivity index (χ3v) is 1.95. The van der Waals surface area contributed by atoms with Crippen LogP contribution in [0.15, 0.2) is 21.6 Å². The minimum Gasteiger partial charge on any atom is -0.503 e. The molecule has 0 saturated heterocycles. The quantitative estimate of drug-likeness (QED) is 0.645. The molecule has 0 heterocycles. The smallest absolute Gasteiger partial charge is 0.244 e. The van der Waals surface area contributed by atoms with Crippen LogP contribution in [0, 0.1) is 35.6 Å². The molecule has 1 aliphatic rings. The Balaban J connectivity index is 0.00000144. The van der Waals surface area contributed by atoms with E-state index in [9.17, 15) is 9.59 Å². The van der Waals surface area contributed by atoms with Crippen LogP contribution in [0.5, 0.6) is 0 Å². The van der Waals surface area contributed by atoms with E-state index in [-0.39, 0.29) is 35.6 Å². The van der Waals surface area contributed by atoms with Crippen molar-refractivity contribution in [3.63, 3.8) is 0 Å². The summed E-state index contributed by atoms with van der Waals surface area (Å²) in [5, 5.41) is 16.3. The van der Waals surface area contributed by atoms with Crippen LogP contribution in [0.2, 0.25) is 0 Å². The molecule has 2 N–H and O–H groups in total. The zero-order valence-corrected chi connectivity index (χ0v) is 11.2. The molecule has 1 radical (unpaired) electrons. The van der Waals surface area contributed by atoms with E-state index >= 15 is 0 Å². The van der Waals surface area contributed by atoms with E-state index < -0.39 is 33.1 Å². The molecule has 1 rings (SSSR count). The van der Waals surface area contributed by atoms with Gasteiger partial charge in [0.05, 0.1) is 0 Å². The number of allylic oxidation sites excluding steroid dienone is 2. The number of halogens is 2. The van der Waals surface area contributed by atoms with Gasteiger partial charge in [-0.25, -0.2) is 0 Å². The second-order valence-electron chi connectivity index (χ2n) is 1.98. The van der Waals surface area contributed by atoms with Gasteiger partial charge in [-0.3, -0.25) is 9.59 Å². The number of carbonyl (C=O) groups excluding carboxylic acids is 2. The van der Waals surface area contributed by atoms with Crippen LogP contribution in [-0.2, 0) is 9.59 Å². The first-order chi connectivity index (χ1) is 5.46. The first-order valence-corrected chi connectivity index (χ1v) is 3.49. The molecule has 0 atom stereocenters. The van der Waals surface area contributed by atoms with Gasteiger partial charge in [-0.1, -0.05) is 23.2 Å². The van der Waals surface area contributed by atoms with E-state index in [1.807, 2.05) is 0 Å². The maximum absolute atomic E-state index is 10.8. The van der Waals surface area contributed by atoms with Gasteiger partial charge in [-0.15, -0.1) is 0 Å². The standard InChI is InChI=1S/C6H2Cl2O4.La/c7-1-3(9)5(11)2(8)6(12)4(1)10;/h9,12H;. The average Bonchev–Trinajstić information content (AvgIpc) is 2.08. The third-order valence-electron chi connectivity index (χ3n) is 1.24. The molecular weight excluding hydrogens is 346 g/mol. The molecule has 0 amide bonds. The molecule has 4 nitrogen and oxygen atoms in total. The van der Waals surface area contributed by atoms with Crippen molar-refractivity contribution >= 4 is 34.8 Å². The zero-order valence-electron chi connectivity index (χ0n) is 6.04. The fourth-order valence-electron chi connectivity index (χ4n) is 0.622. The fraction of sp³-hybridized carbons (Fsp3) is 0. The normalized spacial score (nSPS) is 17.7. The van der Waals surface area contributed by atoms with E-state index in [2.05, 4.69) is 0 Å². The number of rotatable bonds is 0. The molecular formula is C6H2Cl2LaO4. The first-order valence-electron chi connectivity index (χ1n) is 2.73. The van der Waals surface area contributed by atoms with Crippen LogP contribution in [0.3, 0.4) is 0 Å². The third kappa shape index (κ3) is 2.17. The van der Waals surface area contributed by atoms with Crippen LogP contribution < -0.4 is 0 Å². The molecule has 0 spiro atoms. The fourth-order valence-corrected chi connectivity index (χ4v) is 0.973. The summed E-state index contributed by atoms with van der Waals surface area (Å²) < 4.78 is 0. The Kier molecular flexibility index (Phi) is 4.69. The van der Waals surface area contributed by atoms with E-state index in [1.54, 1.807) is 0 Å². The van der Waals surface area contributed by atoms with Crippen molar-refractivity contribution in [1.82, 2.24) is 0 Å². The Morgan fingerprint density at radius 2 is 1.08 bits per heavy atom. The summed E-state index contributed by atoms with van der Waals surface area (Å²) >= 11 is 10.4. The summed E-state index contributed by atoms with van der Waals surface area (Å²) in [5.74, 6) is -3.99. The molecule has 0 aliphatic heterocycles. The average molecular weight is 348 g/mol. The largest absolute Gasteiger partial charge is 0.503 e. The Hall–Kier alpha value is 0.195. The monoisotopic (exact) mass is 347 g/mol. The number of aliphatic hydroxyl groups is 2. The first kappa shape index (κ1) is 13.2. The van der Waals surface area contributed by atoms with Gasteiger partial charge >= 0.3 is 0 Å². The Bertz CT molecular complexity index is 283. The number of hydrogen-bond acceptors (Lipinski definition) is 4. The predicted molar refractivity (Wildman–Crippen MR) is 41.0 cm³/mol. The summed E-state index contributed by atoms with van der Waals surface area (Å²) in [6.45, 7) is 0. The number of ketones is 2. The molecule has 0 fully saturated rings. The Labute approximate surface area is 111 Å². The summed E-state index contributed by atoms with van der Waals surface area (Å²) in [4.78, 5) is 21.6. The minimum absolute atomic E-state index is 0. The molecule has 0 aromatic rings. The van der Waals surface area contributed by atoms with Gasteiger partial charge in [-0.2, -0.15) is 0 Å². The molecule has 13 heavy (non-hydrogen) atoms. The molecule has 7 heteroatoms. The van der Waals surface area contributed by atoms with Gasteiger partial charge in [0.15, 0.2) is 11.5 Å². The van der Waals surface area contributed by atoms with E-state index in [4.69, 9.17) is 33.4 Å². The Morgan fingerprint density at radius 1 is 0.846 bits per heavy atom. The molecule has 0 aromatic carbocycles. The van der Waals surface area contributed by atoms with E-state index in [0.29, 0.717) is 0 Å². The minimum atomic E-state index is -1.06. The van der Waals surface area contributed by atoms with Crippen molar-refractivity contribution in [2.24, 2.45) is 0 Å². The van der Waals surface area contributed by atoms with Crippen molar-refractivity contribution in [2.45, 2.75) is 0 Å². The maximum atomic E-state index is 10.8. The second kappa shape index (κ2) is 4.62. The van der Waals surface area contributed by atoms with Crippen molar-refractivity contribution in [2.75, 3.05) is 0 Å². The molecule has 0 bridgehead atoms. The van der Waals surface area contributed by atoms with Crippen LogP contribution in [0.25, 0.3) is 0 Å². The summed E-state index contributed by atoms with van der Waals surface area (Å²) in [6.07, 6.45) is 0. The number of hydrogen-bond donors (Lipinski definition) is 2. The van der Waals surface area contributed by atoms with Gasteiger partial charge in [0.25, 0.3) is 0 Å². The van der Waals surface area contributed by atoms with E-state index in [0.717, 1.165) is 0 Å². The molecule has 1 aliphatic carbocycles. The van der Waals surface area contributed by atoms with Gasteiger partial charge in [0.1, 0.15) is 10.1 Å². The Morgan fingerprint density at radius 3 is 1.31 bits per heavy atom. The summed E-state index contributed by atoms with van der Waals surface area (Å²) in [7, 11) is 0. The number of aliphatic hydroxyl groups excluding tert-OH is 2. The SMILES string of the molecule is O=C1C(O)=C(Cl)C(=O)C(O)=C1Cl.[La]. The van der Waals surface area contributed by atoms with Gasteiger partial charge in [0, 0.05) is 35.6 Å². The topological polar surface area (TPSA) is 74.6 Å². The van der Waals surface area contributed by atoms with Crippen molar-refractivity contribution in [3.05, 3.63) is 21.6 Å². The summed E-state index contributed by atoms with van der Waals surface area (Å²) in [5.41, 5.74) is 0. The number of carbonyl (C=O) groups is 2. The molecule has 0 unspecified atom stereocenters. The van der Waals surface area contributed by atoms with Crippen LogP contribution in [0.4, 0.5) is 0 Å². The van der Waals surface area contributed by atoms with E-state index in [1.165, 1.54) is 0 Å². The maximum Gasteiger partial charge on any atom is 0.244 e. The van der Waals surface area contributed by atoms with Crippen molar-refractivity contribution in [1.29, 1.82) is 0 Å². The van der Waals surface area contributed by atoms with Crippen molar-refractivity contribution < 1.29 is 55.4 Å². The summed E-state index contributed by atoms with van der Waals surface area (Å²) in [6, 6.07) is 0. The van der Waals surface area contributed by atoms with Gasteiger partial charge in [0.2, 0.25) is 11.6 Å². The van der Waals surface area contributed by atoms with Gasteiger partial charge in [-0.05, 0) is 0 Å². The van der Waals surface area contributed by atoms with Crippen LogP contribution >= 0.6 is 23.2 Å². The molecule has 67 valence electrons. The van der Waals surface area contributed by atoms with Gasteiger partial charge < -0.3 is 10.2 Å². The van der Waals surface area contributed by atoms with Crippen LogP contribution in [0.1, 0.15) is 0 Å². The number of Topliss-reactive ketones (excluding diaryl/α,β-unsaturated/α-hetero) is 2. The molecule has 0 aromatic heterocycles. The zero-order chi connectivity index (χ0) is 9.46. The van der Waals surface area contributed by atoms with Crippen molar-refractivity contribution in [3.8, 4) is 0 Å². The second-order valence-corrected chi connectivity index (χ2v) is 2.74. The molecule has 0 saturated carbocycles.